The number of carbonyl (C=O) groups excluding carboxylic acids is 4. The van der Waals surface area contributed by atoms with Gasteiger partial charge >= 0.3 is 6.09 Å². The summed E-state index contributed by atoms with van der Waals surface area (Å²) in [6.45, 7) is 12.0. The van der Waals surface area contributed by atoms with Gasteiger partial charge in [-0.3, -0.25) is 24.2 Å². The fourth-order valence-corrected chi connectivity index (χ4v) is 6.01. The van der Waals surface area contributed by atoms with Crippen LogP contribution in [0.3, 0.4) is 0 Å². The molecule has 3 atom stereocenters. The number of fused-ring (bicyclic) bond motifs is 1. The van der Waals surface area contributed by atoms with E-state index in [0.29, 0.717) is 25.3 Å². The lowest BCUT2D eigenvalue weighted by Gasteiger charge is -2.46. The first-order chi connectivity index (χ1) is 20.7. The van der Waals surface area contributed by atoms with Gasteiger partial charge in [0.1, 0.15) is 22.7 Å². The van der Waals surface area contributed by atoms with Gasteiger partial charge in [-0.15, -0.1) is 0 Å². The summed E-state index contributed by atoms with van der Waals surface area (Å²) in [5, 5.41) is 5.35. The minimum absolute atomic E-state index is 0.155. The van der Waals surface area contributed by atoms with Crippen molar-refractivity contribution in [2.24, 2.45) is 5.92 Å². The first-order valence-corrected chi connectivity index (χ1v) is 15.3. The molecule has 10 nitrogen and oxygen atoms in total. The van der Waals surface area contributed by atoms with Crippen LogP contribution in [-0.2, 0) is 36.9 Å². The Balaban J connectivity index is 1.55. The van der Waals surface area contributed by atoms with Crippen molar-refractivity contribution in [2.45, 2.75) is 83.7 Å². The number of benzene rings is 2. The van der Waals surface area contributed by atoms with Crippen molar-refractivity contribution in [2.75, 3.05) is 26.2 Å². The maximum absolute atomic E-state index is 14.3. The van der Waals surface area contributed by atoms with Crippen LogP contribution in [0.4, 0.5) is 4.79 Å². The molecule has 10 heteroatoms. The number of amides is 4. The molecular weight excluding hydrogens is 560 g/mol. The number of alkyl carbamates (subject to hydrolysis) is 1. The third-order valence-electron chi connectivity index (χ3n) is 8.05. The monoisotopic (exact) mass is 606 g/mol. The Morgan fingerprint density at radius 1 is 0.955 bits per heavy atom. The van der Waals surface area contributed by atoms with Crippen LogP contribution in [0, 0.1) is 5.92 Å². The van der Waals surface area contributed by atoms with Crippen LogP contribution in [0.1, 0.15) is 59.1 Å². The summed E-state index contributed by atoms with van der Waals surface area (Å²) in [6.07, 6.45) is 0.374. The lowest BCUT2D eigenvalue weighted by Crippen LogP contribution is -2.68. The van der Waals surface area contributed by atoms with Gasteiger partial charge in [0.15, 0.2) is 0 Å². The number of piperazine rings is 1. The smallest absolute Gasteiger partial charge is 0.408 e. The Hall–Kier alpha value is -3.76. The highest BCUT2D eigenvalue weighted by Crippen LogP contribution is 2.39. The van der Waals surface area contributed by atoms with E-state index in [4.69, 9.17) is 9.47 Å². The maximum atomic E-state index is 14.3. The van der Waals surface area contributed by atoms with Crippen LogP contribution < -0.4 is 10.6 Å². The first-order valence-electron chi connectivity index (χ1n) is 15.3. The summed E-state index contributed by atoms with van der Waals surface area (Å²) < 4.78 is 11.2. The van der Waals surface area contributed by atoms with E-state index in [1.165, 1.54) is 18.7 Å². The molecule has 2 fully saturated rings. The standard InChI is InChI=1S/C34H46N4O6/c1-24-19-34(20-25-13-9-7-10-14-25)30(41)38(18-17-37(34)21-24)28(39)27(23-43-22-26-15-11-8-12-16-26)35-29(40)33(5,6)36-31(42)44-32(2,3)4/h7-16,24,27H,17-23H2,1-6H3,(H,35,40)(H,36,42)/t24-,27+,34-/m0/s1. The Bertz CT molecular complexity index is 1330. The normalized spacial score (nSPS) is 21.4. The van der Waals surface area contributed by atoms with Gasteiger partial charge in [0.25, 0.3) is 5.91 Å². The zero-order valence-electron chi connectivity index (χ0n) is 26.7. The van der Waals surface area contributed by atoms with Crippen molar-refractivity contribution in [3.05, 3.63) is 71.8 Å². The molecule has 2 aromatic rings. The molecule has 0 radical (unpaired) electrons. The van der Waals surface area contributed by atoms with Crippen LogP contribution in [0.15, 0.2) is 60.7 Å². The van der Waals surface area contributed by atoms with Crippen LogP contribution >= 0.6 is 0 Å². The molecule has 4 amide bonds. The maximum Gasteiger partial charge on any atom is 0.408 e. The average molecular weight is 607 g/mol. The first kappa shape index (κ1) is 33.1. The molecule has 0 unspecified atom stereocenters. The Kier molecular flexibility index (Phi) is 10.2. The lowest BCUT2D eigenvalue weighted by atomic mass is 9.83. The van der Waals surface area contributed by atoms with Gasteiger partial charge in [-0.2, -0.15) is 0 Å². The van der Waals surface area contributed by atoms with Gasteiger partial charge in [0.2, 0.25) is 11.8 Å². The summed E-state index contributed by atoms with van der Waals surface area (Å²) in [7, 11) is 0. The fourth-order valence-electron chi connectivity index (χ4n) is 6.01. The quantitative estimate of drug-likeness (QED) is 0.424. The second-order valence-electron chi connectivity index (χ2n) is 13.5. The van der Waals surface area contributed by atoms with Crippen LogP contribution in [0.5, 0.6) is 0 Å². The predicted octanol–water partition coefficient (Wildman–Crippen LogP) is 3.68. The highest BCUT2D eigenvalue weighted by Gasteiger charge is 2.55. The largest absolute Gasteiger partial charge is 0.444 e. The molecule has 2 aliphatic heterocycles. The second kappa shape index (κ2) is 13.5. The van der Waals surface area contributed by atoms with E-state index >= 15 is 0 Å². The van der Waals surface area contributed by atoms with Crippen molar-refractivity contribution in [1.29, 1.82) is 0 Å². The Labute approximate surface area is 260 Å². The predicted molar refractivity (Wildman–Crippen MR) is 166 cm³/mol. The summed E-state index contributed by atoms with van der Waals surface area (Å²) in [4.78, 5) is 58.0. The molecule has 0 spiro atoms. The van der Waals surface area contributed by atoms with E-state index in [0.717, 1.165) is 17.7 Å². The number of nitrogens with zero attached hydrogens (tertiary/aromatic N) is 2. The number of ether oxygens (including phenoxy) is 2. The Morgan fingerprint density at radius 2 is 1.57 bits per heavy atom. The number of nitrogens with one attached hydrogen (secondary N) is 2. The molecule has 0 saturated carbocycles. The summed E-state index contributed by atoms with van der Waals surface area (Å²) in [5.41, 5.74) is -1.08. The minimum atomic E-state index is -1.42. The highest BCUT2D eigenvalue weighted by molar-refractivity contribution is 6.04. The van der Waals surface area contributed by atoms with Crippen LogP contribution in [-0.4, -0.2) is 82.6 Å². The van der Waals surface area contributed by atoms with Crippen LogP contribution in [0.2, 0.25) is 0 Å². The van der Waals surface area contributed by atoms with E-state index in [1.54, 1.807) is 20.8 Å². The molecule has 2 heterocycles. The molecule has 2 saturated heterocycles. The zero-order chi connectivity index (χ0) is 32.1. The van der Waals surface area contributed by atoms with Crippen molar-refractivity contribution >= 4 is 23.8 Å². The van der Waals surface area contributed by atoms with Crippen LogP contribution in [0.25, 0.3) is 0 Å². The molecular formula is C34H46N4O6. The molecule has 238 valence electrons. The number of rotatable bonds is 10. The Morgan fingerprint density at radius 3 is 2.18 bits per heavy atom. The van der Waals surface area contributed by atoms with Gasteiger partial charge < -0.3 is 20.1 Å². The second-order valence-corrected chi connectivity index (χ2v) is 13.5. The zero-order valence-corrected chi connectivity index (χ0v) is 26.7. The van der Waals surface area contributed by atoms with Gasteiger partial charge in [-0.1, -0.05) is 67.6 Å². The third kappa shape index (κ3) is 8.04. The number of imide groups is 1. The molecule has 0 bridgehead atoms. The van der Waals surface area contributed by atoms with E-state index in [1.807, 2.05) is 60.7 Å². The molecule has 2 aromatic carbocycles. The van der Waals surface area contributed by atoms with Crippen molar-refractivity contribution in [3.8, 4) is 0 Å². The molecule has 0 aromatic heterocycles. The van der Waals surface area contributed by atoms with Gasteiger partial charge in [0, 0.05) is 19.6 Å². The van der Waals surface area contributed by atoms with Gasteiger partial charge in [-0.25, -0.2) is 4.79 Å². The third-order valence-corrected chi connectivity index (χ3v) is 8.05. The van der Waals surface area contributed by atoms with E-state index < -0.39 is 40.6 Å². The minimum Gasteiger partial charge on any atom is -0.444 e. The lowest BCUT2D eigenvalue weighted by molar-refractivity contribution is -0.160. The van der Waals surface area contributed by atoms with E-state index in [-0.39, 0.29) is 25.7 Å². The SMILES string of the molecule is C[C@@H]1CN2CCN(C(=O)[C@@H](COCc3ccccc3)NC(=O)C(C)(C)NC(=O)OC(C)(C)C)C(=O)[C@@]2(Cc2ccccc2)C1. The van der Waals surface area contributed by atoms with Crippen molar-refractivity contribution < 1.29 is 28.7 Å². The summed E-state index contributed by atoms with van der Waals surface area (Å²) >= 11 is 0. The summed E-state index contributed by atoms with van der Waals surface area (Å²) in [5.74, 6) is -1.10. The van der Waals surface area contributed by atoms with E-state index in [9.17, 15) is 19.2 Å². The summed E-state index contributed by atoms with van der Waals surface area (Å²) in [6, 6.07) is 18.2. The molecule has 44 heavy (non-hydrogen) atoms. The fraction of sp³-hybridized carbons (Fsp3) is 0.529. The molecule has 2 N–H and O–H groups in total. The average Bonchev–Trinajstić information content (AvgIpc) is 3.28. The number of carbonyl (C=O) groups is 4. The topological polar surface area (TPSA) is 117 Å². The van der Waals surface area contributed by atoms with Crippen molar-refractivity contribution in [1.82, 2.24) is 20.4 Å². The highest BCUT2D eigenvalue weighted by atomic mass is 16.6. The van der Waals surface area contributed by atoms with E-state index in [2.05, 4.69) is 22.5 Å². The number of hydrogen-bond acceptors (Lipinski definition) is 7. The molecule has 2 aliphatic rings. The molecule has 0 aliphatic carbocycles. The van der Waals surface area contributed by atoms with Gasteiger partial charge in [-0.05, 0) is 64.5 Å². The molecule has 4 rings (SSSR count). The van der Waals surface area contributed by atoms with Crippen molar-refractivity contribution in [3.63, 3.8) is 0 Å². The number of hydrogen-bond donors (Lipinski definition) is 2. The van der Waals surface area contributed by atoms with Gasteiger partial charge in [0.05, 0.1) is 13.2 Å².